The van der Waals surface area contributed by atoms with Crippen LogP contribution in [0.15, 0.2) is 0 Å². The van der Waals surface area contributed by atoms with Gasteiger partial charge in [0, 0.05) is 0 Å². The second-order valence-corrected chi connectivity index (χ2v) is 4.60. The summed E-state index contributed by atoms with van der Waals surface area (Å²) in [5, 5.41) is 3.32. The largest absolute Gasteiger partial charge is 0.522 e. The third-order valence-corrected chi connectivity index (χ3v) is 2.62. The lowest BCUT2D eigenvalue weighted by Gasteiger charge is -1.98. The molecule has 1 aliphatic heterocycles. The fraction of sp³-hybridized carbons (Fsp3) is 1.00. The molecule has 1 fully saturated rings. The molecule has 1 aliphatic rings. The zero-order valence-corrected chi connectivity index (χ0v) is 9.03. The van der Waals surface area contributed by atoms with Crippen LogP contribution in [0.1, 0.15) is 19.8 Å². The van der Waals surface area contributed by atoms with Gasteiger partial charge in [0.05, 0.1) is 0 Å². The highest BCUT2D eigenvalue weighted by atomic mass is 32.2. The number of nitrogens with one attached hydrogen (secondary N) is 1. The molecule has 0 aliphatic carbocycles. The maximum atomic E-state index is 10.7. The lowest BCUT2D eigenvalue weighted by Crippen LogP contribution is -2.21. The highest BCUT2D eigenvalue weighted by Gasteiger charge is 2.44. The number of alkyl halides is 3. The number of halogens is 3. The zero-order chi connectivity index (χ0) is 12.1. The van der Waals surface area contributed by atoms with E-state index in [1.165, 1.54) is 25.9 Å². The zero-order valence-electron chi connectivity index (χ0n) is 8.21. The molecule has 0 bridgehead atoms. The van der Waals surface area contributed by atoms with Gasteiger partial charge in [0.1, 0.15) is 0 Å². The number of hydrogen-bond acceptors (Lipinski definition) is 3. The first-order valence-corrected chi connectivity index (χ1v) is 5.87. The van der Waals surface area contributed by atoms with Gasteiger partial charge in [-0.2, -0.15) is 21.6 Å². The van der Waals surface area contributed by atoms with Gasteiger partial charge in [-0.3, -0.25) is 4.55 Å². The Labute approximate surface area is 86.6 Å². The van der Waals surface area contributed by atoms with Gasteiger partial charge in [0.25, 0.3) is 0 Å². The molecule has 1 unspecified atom stereocenters. The molecule has 0 saturated carbocycles. The molecule has 0 aromatic heterocycles. The van der Waals surface area contributed by atoms with Crippen LogP contribution in [0.4, 0.5) is 13.2 Å². The molecule has 1 saturated heterocycles. The van der Waals surface area contributed by atoms with E-state index in [2.05, 4.69) is 12.2 Å². The average molecular weight is 249 g/mol. The SMILES string of the molecule is CCC1CCNC1.O=S(=O)(O)C(F)(F)F. The Bertz CT molecular complexity index is 270. The molecular weight excluding hydrogens is 235 g/mol. The lowest BCUT2D eigenvalue weighted by molar-refractivity contribution is -0.0510. The summed E-state index contributed by atoms with van der Waals surface area (Å²) in [6.07, 6.45) is 2.75. The van der Waals surface area contributed by atoms with E-state index in [1.54, 1.807) is 0 Å². The van der Waals surface area contributed by atoms with Crippen molar-refractivity contribution in [2.75, 3.05) is 13.1 Å². The second-order valence-electron chi connectivity index (χ2n) is 3.19. The third-order valence-electron chi connectivity index (χ3n) is 2.03. The highest BCUT2D eigenvalue weighted by molar-refractivity contribution is 7.86. The molecule has 0 aromatic carbocycles. The summed E-state index contributed by atoms with van der Waals surface area (Å²) in [6.45, 7) is 4.77. The summed E-state index contributed by atoms with van der Waals surface area (Å²) in [7, 11) is -5.84. The minimum absolute atomic E-state index is 0.986. The monoisotopic (exact) mass is 249 g/mol. The van der Waals surface area contributed by atoms with Crippen LogP contribution in [-0.4, -0.2) is 31.6 Å². The van der Waals surface area contributed by atoms with Crippen molar-refractivity contribution >= 4 is 10.1 Å². The molecule has 92 valence electrons. The van der Waals surface area contributed by atoms with Gasteiger partial charge in [0.15, 0.2) is 0 Å². The van der Waals surface area contributed by atoms with Gasteiger partial charge >= 0.3 is 15.6 Å². The minimum Gasteiger partial charge on any atom is -0.316 e. The summed E-state index contributed by atoms with van der Waals surface area (Å²) >= 11 is 0. The van der Waals surface area contributed by atoms with Crippen molar-refractivity contribution in [1.82, 2.24) is 5.32 Å². The maximum Gasteiger partial charge on any atom is 0.522 e. The van der Waals surface area contributed by atoms with Crippen LogP contribution >= 0.6 is 0 Å². The van der Waals surface area contributed by atoms with Crippen LogP contribution in [-0.2, 0) is 10.1 Å². The minimum atomic E-state index is -5.84. The molecule has 0 aromatic rings. The second kappa shape index (κ2) is 5.66. The first kappa shape index (κ1) is 14.7. The molecule has 2 N–H and O–H groups in total. The predicted octanol–water partition coefficient (Wildman–Crippen LogP) is 1.40. The van der Waals surface area contributed by atoms with E-state index in [1.807, 2.05) is 0 Å². The third kappa shape index (κ3) is 5.95. The van der Waals surface area contributed by atoms with Crippen molar-refractivity contribution in [3.05, 3.63) is 0 Å². The summed E-state index contributed by atoms with van der Waals surface area (Å²) in [4.78, 5) is 0. The van der Waals surface area contributed by atoms with E-state index in [4.69, 9.17) is 13.0 Å². The summed E-state index contributed by atoms with van der Waals surface area (Å²) in [6, 6.07) is 0. The first-order chi connectivity index (χ1) is 6.68. The molecule has 4 nitrogen and oxygen atoms in total. The van der Waals surface area contributed by atoms with E-state index in [0.29, 0.717) is 0 Å². The quantitative estimate of drug-likeness (QED) is 0.544. The van der Waals surface area contributed by atoms with Crippen LogP contribution in [0.5, 0.6) is 0 Å². The standard InChI is InChI=1S/C6H13N.CHF3O3S/c1-2-6-3-4-7-5-6;2-1(3,4)8(5,6)7/h6-7H,2-5H2,1H3;(H,5,6,7). The molecule has 0 amide bonds. The van der Waals surface area contributed by atoms with Crippen LogP contribution in [0.3, 0.4) is 0 Å². The number of rotatable bonds is 1. The van der Waals surface area contributed by atoms with Crippen LogP contribution < -0.4 is 5.32 Å². The van der Waals surface area contributed by atoms with E-state index >= 15 is 0 Å². The van der Waals surface area contributed by atoms with Crippen LogP contribution in [0.2, 0.25) is 0 Å². The fourth-order valence-electron chi connectivity index (χ4n) is 1.06. The van der Waals surface area contributed by atoms with Gasteiger partial charge in [-0.1, -0.05) is 13.3 Å². The highest BCUT2D eigenvalue weighted by Crippen LogP contribution is 2.20. The predicted molar refractivity (Wildman–Crippen MR) is 48.9 cm³/mol. The summed E-state index contributed by atoms with van der Waals surface area (Å²) in [5.74, 6) is 0.986. The van der Waals surface area contributed by atoms with Gasteiger partial charge < -0.3 is 5.32 Å². The Morgan fingerprint density at radius 3 is 2.07 bits per heavy atom. The van der Waals surface area contributed by atoms with Crippen molar-refractivity contribution < 1.29 is 26.1 Å². The van der Waals surface area contributed by atoms with Crippen molar-refractivity contribution in [2.24, 2.45) is 5.92 Å². The fourth-order valence-corrected chi connectivity index (χ4v) is 1.06. The van der Waals surface area contributed by atoms with E-state index in [9.17, 15) is 13.2 Å². The van der Waals surface area contributed by atoms with Crippen molar-refractivity contribution in [3.8, 4) is 0 Å². The van der Waals surface area contributed by atoms with Crippen molar-refractivity contribution in [1.29, 1.82) is 0 Å². The Morgan fingerprint density at radius 1 is 1.47 bits per heavy atom. The Morgan fingerprint density at radius 2 is 1.93 bits per heavy atom. The van der Waals surface area contributed by atoms with E-state index in [-0.39, 0.29) is 0 Å². The molecule has 1 atom stereocenters. The smallest absolute Gasteiger partial charge is 0.316 e. The first-order valence-electron chi connectivity index (χ1n) is 4.43. The Balaban J connectivity index is 0.000000262. The Kier molecular flexibility index (Phi) is 5.54. The Hall–Kier alpha value is -0.340. The van der Waals surface area contributed by atoms with Crippen LogP contribution in [0, 0.1) is 5.92 Å². The lowest BCUT2D eigenvalue weighted by atomic mass is 10.1. The average Bonchev–Trinajstić information content (AvgIpc) is 2.52. The van der Waals surface area contributed by atoms with Gasteiger partial charge in [-0.05, 0) is 25.4 Å². The maximum absolute atomic E-state index is 10.7. The molecule has 0 radical (unpaired) electrons. The molecule has 8 heteroatoms. The van der Waals surface area contributed by atoms with Crippen molar-refractivity contribution in [2.45, 2.75) is 25.3 Å². The van der Waals surface area contributed by atoms with Gasteiger partial charge in [-0.25, -0.2) is 0 Å². The number of hydrogen-bond donors (Lipinski definition) is 2. The van der Waals surface area contributed by atoms with Crippen molar-refractivity contribution in [3.63, 3.8) is 0 Å². The molecule has 0 spiro atoms. The summed E-state index contributed by atoms with van der Waals surface area (Å²) < 4.78 is 57.5. The molecular formula is C7H14F3NO3S. The van der Waals surface area contributed by atoms with Gasteiger partial charge in [-0.15, -0.1) is 0 Å². The van der Waals surface area contributed by atoms with E-state index in [0.717, 1.165) is 5.92 Å². The summed E-state index contributed by atoms with van der Waals surface area (Å²) in [5.41, 5.74) is -5.53. The normalized spacial score (nSPS) is 22.1. The molecule has 1 heterocycles. The molecule has 1 rings (SSSR count). The topological polar surface area (TPSA) is 66.4 Å². The van der Waals surface area contributed by atoms with Crippen LogP contribution in [0.25, 0.3) is 0 Å². The van der Waals surface area contributed by atoms with Gasteiger partial charge in [0.2, 0.25) is 0 Å². The van der Waals surface area contributed by atoms with E-state index < -0.39 is 15.6 Å². The molecule has 15 heavy (non-hydrogen) atoms.